The van der Waals surface area contributed by atoms with Gasteiger partial charge >= 0.3 is 0 Å². The second-order valence-electron chi connectivity index (χ2n) is 3.30. The number of hydrogen-bond acceptors (Lipinski definition) is 2. The van der Waals surface area contributed by atoms with Crippen LogP contribution in [0.3, 0.4) is 0 Å². The predicted octanol–water partition coefficient (Wildman–Crippen LogP) is 3.71. The van der Waals surface area contributed by atoms with Gasteiger partial charge in [0.2, 0.25) is 23.2 Å². The monoisotopic (exact) mass is 279 g/mol. The summed E-state index contributed by atoms with van der Waals surface area (Å²) in [4.78, 5) is 2.28. The summed E-state index contributed by atoms with van der Waals surface area (Å²) in [6.45, 7) is 0. The topological polar surface area (TPSA) is 22.1 Å². The molecule has 0 saturated heterocycles. The van der Waals surface area contributed by atoms with Crippen LogP contribution in [0.1, 0.15) is 0 Å². The highest BCUT2D eigenvalue weighted by Gasteiger charge is 2.24. The Balaban J connectivity index is 2.52. The first-order valence-electron chi connectivity index (χ1n) is 4.73. The highest BCUT2D eigenvalue weighted by molar-refractivity contribution is 5.33. The molecule has 0 saturated carbocycles. The zero-order valence-electron chi connectivity index (χ0n) is 8.86. The van der Waals surface area contributed by atoms with E-state index in [1.807, 2.05) is 0 Å². The Hall–Kier alpha value is -2.25. The molecule has 0 N–H and O–H groups in total. The van der Waals surface area contributed by atoms with E-state index in [2.05, 4.69) is 9.72 Å². The summed E-state index contributed by atoms with van der Waals surface area (Å²) >= 11 is 0. The number of aromatic nitrogens is 1. The Morgan fingerprint density at radius 3 is 1.95 bits per heavy atom. The number of halogens is 6. The van der Waals surface area contributed by atoms with Crippen LogP contribution < -0.4 is 4.74 Å². The molecule has 0 spiro atoms. The third kappa shape index (κ3) is 2.33. The van der Waals surface area contributed by atoms with Crippen LogP contribution in [0.15, 0.2) is 18.2 Å². The van der Waals surface area contributed by atoms with Crippen molar-refractivity contribution < 1.29 is 31.1 Å². The minimum atomic E-state index is -1.97. The van der Waals surface area contributed by atoms with Crippen molar-refractivity contribution in [1.29, 1.82) is 0 Å². The molecule has 2 nitrogen and oxygen atoms in total. The van der Waals surface area contributed by atoms with E-state index in [4.69, 9.17) is 0 Å². The Bertz CT molecular complexity index is 619. The van der Waals surface area contributed by atoms with Gasteiger partial charge in [-0.1, -0.05) is 6.07 Å². The fraction of sp³-hybridized carbons (Fsp3) is 0. The van der Waals surface area contributed by atoms with Gasteiger partial charge in [-0.25, -0.2) is 4.39 Å². The minimum Gasteiger partial charge on any atom is -0.448 e. The van der Waals surface area contributed by atoms with Gasteiger partial charge in [0.1, 0.15) is 0 Å². The Kier molecular flexibility index (Phi) is 3.32. The van der Waals surface area contributed by atoms with Crippen molar-refractivity contribution in [2.24, 2.45) is 0 Å². The van der Waals surface area contributed by atoms with Gasteiger partial charge in [-0.2, -0.15) is 26.9 Å². The third-order valence-electron chi connectivity index (χ3n) is 2.09. The number of benzene rings is 1. The van der Waals surface area contributed by atoms with Crippen molar-refractivity contribution >= 4 is 0 Å². The Labute approximate surface area is 102 Å². The Morgan fingerprint density at radius 2 is 1.37 bits per heavy atom. The quantitative estimate of drug-likeness (QED) is 0.617. The molecule has 1 aromatic carbocycles. The second kappa shape index (κ2) is 4.79. The molecule has 0 amide bonds. The fourth-order valence-electron chi connectivity index (χ4n) is 1.23. The van der Waals surface area contributed by atoms with Crippen LogP contribution in [-0.2, 0) is 0 Å². The lowest BCUT2D eigenvalue weighted by atomic mass is 10.3. The molecule has 0 aliphatic heterocycles. The molecule has 0 radical (unpaired) electrons. The van der Waals surface area contributed by atoms with Crippen LogP contribution in [-0.4, -0.2) is 4.98 Å². The number of ether oxygens (including phenoxy) is 1. The molecule has 0 aliphatic rings. The number of rotatable bonds is 2. The van der Waals surface area contributed by atoms with Crippen molar-refractivity contribution in [3.05, 3.63) is 53.4 Å². The molecule has 0 atom stereocenters. The van der Waals surface area contributed by atoms with Crippen LogP contribution >= 0.6 is 0 Å². The van der Waals surface area contributed by atoms with Gasteiger partial charge in [0.25, 0.3) is 11.9 Å². The molecule has 0 unspecified atom stereocenters. The van der Waals surface area contributed by atoms with Gasteiger partial charge in [-0.05, 0) is 12.1 Å². The summed E-state index contributed by atoms with van der Waals surface area (Å²) in [6, 6.07) is 2.54. The summed E-state index contributed by atoms with van der Waals surface area (Å²) in [5, 5.41) is 0. The average molecular weight is 279 g/mol. The zero-order valence-corrected chi connectivity index (χ0v) is 8.86. The molecule has 2 aromatic rings. The van der Waals surface area contributed by atoms with Crippen LogP contribution in [0.5, 0.6) is 11.5 Å². The lowest BCUT2D eigenvalue weighted by Crippen LogP contribution is -2.04. The summed E-state index contributed by atoms with van der Waals surface area (Å²) < 4.78 is 82.2. The van der Waals surface area contributed by atoms with Gasteiger partial charge in [-0.3, -0.25) is 0 Å². The highest BCUT2D eigenvalue weighted by atomic mass is 19.2. The maximum Gasteiger partial charge on any atom is 0.255 e. The normalized spacial score (nSPS) is 10.6. The molecule has 19 heavy (non-hydrogen) atoms. The van der Waals surface area contributed by atoms with Crippen molar-refractivity contribution in [3.63, 3.8) is 0 Å². The first-order chi connectivity index (χ1) is 8.91. The molecule has 0 fully saturated rings. The summed E-state index contributed by atoms with van der Waals surface area (Å²) in [5.41, 5.74) is 0. The molecule has 0 aliphatic carbocycles. The standard InChI is InChI=1S/C11H3F6NO/c12-4-2-1-3-5(6(4)13)19-9-7(14)10(16)18-11(17)8(9)15/h1-3H. The molecule has 1 heterocycles. The number of hydrogen-bond donors (Lipinski definition) is 0. The Morgan fingerprint density at radius 1 is 0.789 bits per heavy atom. The van der Waals surface area contributed by atoms with Crippen LogP contribution in [0, 0.1) is 35.2 Å². The molecule has 2 rings (SSSR count). The largest absolute Gasteiger partial charge is 0.448 e. The summed E-state index contributed by atoms with van der Waals surface area (Å²) in [5.74, 6) is -13.2. The summed E-state index contributed by atoms with van der Waals surface area (Å²) in [6.07, 6.45) is 0. The van der Waals surface area contributed by atoms with E-state index in [-0.39, 0.29) is 0 Å². The molecule has 8 heteroatoms. The molecule has 100 valence electrons. The van der Waals surface area contributed by atoms with Crippen LogP contribution in [0.25, 0.3) is 0 Å². The fourth-order valence-corrected chi connectivity index (χ4v) is 1.23. The van der Waals surface area contributed by atoms with E-state index in [0.29, 0.717) is 0 Å². The van der Waals surface area contributed by atoms with Crippen molar-refractivity contribution in [3.8, 4) is 11.5 Å². The van der Waals surface area contributed by atoms with Gasteiger partial charge in [0.05, 0.1) is 0 Å². The number of pyridine rings is 1. The molecule has 0 bridgehead atoms. The van der Waals surface area contributed by atoms with Gasteiger partial charge in [-0.15, -0.1) is 0 Å². The minimum absolute atomic E-state index is 0.725. The maximum absolute atomic E-state index is 13.2. The van der Waals surface area contributed by atoms with E-state index in [9.17, 15) is 26.3 Å². The third-order valence-corrected chi connectivity index (χ3v) is 2.09. The average Bonchev–Trinajstić information content (AvgIpc) is 2.37. The summed E-state index contributed by atoms with van der Waals surface area (Å²) in [7, 11) is 0. The van der Waals surface area contributed by atoms with Gasteiger partial charge in [0.15, 0.2) is 11.6 Å². The zero-order chi connectivity index (χ0) is 14.2. The van der Waals surface area contributed by atoms with E-state index < -0.39 is 46.7 Å². The lowest BCUT2D eigenvalue weighted by molar-refractivity contribution is 0.331. The predicted molar refractivity (Wildman–Crippen MR) is 50.5 cm³/mol. The van der Waals surface area contributed by atoms with Crippen LogP contribution in [0.2, 0.25) is 0 Å². The van der Waals surface area contributed by atoms with Crippen molar-refractivity contribution in [2.45, 2.75) is 0 Å². The highest BCUT2D eigenvalue weighted by Crippen LogP contribution is 2.31. The van der Waals surface area contributed by atoms with Gasteiger partial charge < -0.3 is 4.74 Å². The van der Waals surface area contributed by atoms with E-state index in [0.717, 1.165) is 18.2 Å². The lowest BCUT2D eigenvalue weighted by Gasteiger charge is -2.09. The molecular formula is C11H3F6NO. The maximum atomic E-state index is 13.2. The van der Waals surface area contributed by atoms with Crippen molar-refractivity contribution in [1.82, 2.24) is 4.98 Å². The van der Waals surface area contributed by atoms with Crippen LogP contribution in [0.4, 0.5) is 26.3 Å². The first kappa shape index (κ1) is 13.2. The first-order valence-corrected chi connectivity index (χ1v) is 4.73. The SMILES string of the molecule is Fc1cccc(Oc2c(F)c(F)nc(F)c2F)c1F. The van der Waals surface area contributed by atoms with Crippen molar-refractivity contribution in [2.75, 3.05) is 0 Å². The second-order valence-corrected chi connectivity index (χ2v) is 3.30. The van der Waals surface area contributed by atoms with E-state index in [1.165, 1.54) is 0 Å². The molecule has 1 aromatic heterocycles. The smallest absolute Gasteiger partial charge is 0.255 e. The van der Waals surface area contributed by atoms with E-state index in [1.54, 1.807) is 0 Å². The van der Waals surface area contributed by atoms with Gasteiger partial charge in [0, 0.05) is 0 Å². The molecular weight excluding hydrogens is 276 g/mol. The van der Waals surface area contributed by atoms with E-state index >= 15 is 0 Å². The number of nitrogens with zero attached hydrogens (tertiary/aromatic N) is 1.